The fourth-order valence-corrected chi connectivity index (χ4v) is 2.02. The van der Waals surface area contributed by atoms with Gasteiger partial charge in [-0.3, -0.25) is 4.98 Å². The topological polar surface area (TPSA) is 37.4 Å². The summed E-state index contributed by atoms with van der Waals surface area (Å²) in [4.78, 5) is 6.62. The highest BCUT2D eigenvalue weighted by Gasteiger charge is 2.13. The number of nitrogens with zero attached hydrogens (tertiary/aromatic N) is 2. The summed E-state index contributed by atoms with van der Waals surface area (Å²) >= 11 is 0. The average molecular weight is 235 g/mol. The van der Waals surface area contributed by atoms with Crippen molar-refractivity contribution in [3.05, 3.63) is 30.1 Å². The van der Waals surface area contributed by atoms with Gasteiger partial charge in [0.25, 0.3) is 0 Å². The van der Waals surface area contributed by atoms with E-state index in [2.05, 4.69) is 28.3 Å². The molecule has 2 heterocycles. The first-order valence-corrected chi connectivity index (χ1v) is 6.25. The van der Waals surface area contributed by atoms with E-state index >= 15 is 0 Å². The van der Waals surface area contributed by atoms with Crippen molar-refractivity contribution in [1.82, 2.24) is 15.2 Å². The molecular formula is C13H21N3O. The molecule has 1 atom stereocenters. The lowest BCUT2D eigenvalue weighted by Gasteiger charge is -2.25. The first-order chi connectivity index (χ1) is 8.34. The van der Waals surface area contributed by atoms with Crippen LogP contribution in [0.3, 0.4) is 0 Å². The molecule has 1 aliphatic heterocycles. The smallest absolute Gasteiger partial charge is 0.0712 e. The molecule has 0 aliphatic carbocycles. The highest BCUT2D eigenvalue weighted by atomic mass is 16.5. The lowest BCUT2D eigenvalue weighted by atomic mass is 10.2. The second kappa shape index (κ2) is 6.69. The molecule has 94 valence electrons. The Hall–Kier alpha value is -0.970. The second-order valence-corrected chi connectivity index (χ2v) is 4.54. The molecule has 1 aliphatic rings. The zero-order valence-corrected chi connectivity index (χ0v) is 10.4. The van der Waals surface area contributed by atoms with Crippen molar-refractivity contribution in [1.29, 1.82) is 0 Å². The quantitative estimate of drug-likeness (QED) is 0.822. The fourth-order valence-electron chi connectivity index (χ4n) is 2.02. The summed E-state index contributed by atoms with van der Waals surface area (Å²) in [6, 6.07) is 6.05. The standard InChI is InChI=1S/C13H21N3O/c1-16(11-12-4-2-3-6-15-12)8-5-13-10-14-7-9-17-13/h2-4,6,13-14H,5,7-11H2,1H3. The van der Waals surface area contributed by atoms with Crippen LogP contribution in [0.15, 0.2) is 24.4 Å². The van der Waals surface area contributed by atoms with Crippen LogP contribution in [0.25, 0.3) is 0 Å². The first kappa shape index (κ1) is 12.5. The molecule has 2 rings (SSSR count). The molecule has 0 spiro atoms. The molecule has 1 aromatic rings. The summed E-state index contributed by atoms with van der Waals surface area (Å²) in [7, 11) is 2.13. The van der Waals surface area contributed by atoms with Gasteiger partial charge in [-0.05, 0) is 25.6 Å². The lowest BCUT2D eigenvalue weighted by molar-refractivity contribution is 0.0183. The third kappa shape index (κ3) is 4.42. The zero-order valence-electron chi connectivity index (χ0n) is 10.4. The maximum atomic E-state index is 5.67. The van der Waals surface area contributed by atoms with Gasteiger partial charge in [0.2, 0.25) is 0 Å². The molecule has 1 fully saturated rings. The fraction of sp³-hybridized carbons (Fsp3) is 0.615. The highest BCUT2D eigenvalue weighted by Crippen LogP contribution is 2.04. The Balaban J connectivity index is 1.68. The Morgan fingerprint density at radius 1 is 1.53 bits per heavy atom. The maximum absolute atomic E-state index is 5.67. The summed E-state index contributed by atoms with van der Waals surface area (Å²) in [6.45, 7) is 4.76. The summed E-state index contributed by atoms with van der Waals surface area (Å²) in [6.07, 6.45) is 3.29. The Kier molecular flexibility index (Phi) is 4.91. The van der Waals surface area contributed by atoms with Gasteiger partial charge in [0, 0.05) is 32.4 Å². The van der Waals surface area contributed by atoms with E-state index in [4.69, 9.17) is 4.74 Å². The van der Waals surface area contributed by atoms with Crippen molar-refractivity contribution in [2.45, 2.75) is 19.1 Å². The number of rotatable bonds is 5. The van der Waals surface area contributed by atoms with Gasteiger partial charge in [-0.25, -0.2) is 0 Å². The SMILES string of the molecule is CN(CCC1CNCCO1)Cc1ccccn1. The van der Waals surface area contributed by atoms with Crippen molar-refractivity contribution in [2.24, 2.45) is 0 Å². The van der Waals surface area contributed by atoms with Crippen LogP contribution in [0.5, 0.6) is 0 Å². The number of nitrogens with one attached hydrogen (secondary N) is 1. The zero-order chi connectivity index (χ0) is 11.9. The largest absolute Gasteiger partial charge is 0.376 e. The van der Waals surface area contributed by atoms with E-state index in [1.165, 1.54) is 0 Å². The Labute approximate surface area is 103 Å². The van der Waals surface area contributed by atoms with E-state index in [0.29, 0.717) is 6.10 Å². The Bertz CT molecular complexity index is 312. The number of hydrogen-bond acceptors (Lipinski definition) is 4. The third-order valence-corrected chi connectivity index (χ3v) is 3.00. The lowest BCUT2D eigenvalue weighted by Crippen LogP contribution is -2.40. The van der Waals surface area contributed by atoms with Crippen molar-refractivity contribution < 1.29 is 4.74 Å². The molecule has 0 saturated carbocycles. The molecule has 17 heavy (non-hydrogen) atoms. The van der Waals surface area contributed by atoms with E-state index in [1.807, 2.05) is 18.3 Å². The molecular weight excluding hydrogens is 214 g/mol. The first-order valence-electron chi connectivity index (χ1n) is 6.25. The van der Waals surface area contributed by atoms with Crippen LogP contribution in [-0.2, 0) is 11.3 Å². The predicted octanol–water partition coefficient (Wildman–Crippen LogP) is 0.892. The monoisotopic (exact) mass is 235 g/mol. The van der Waals surface area contributed by atoms with Crippen LogP contribution in [-0.4, -0.2) is 49.3 Å². The van der Waals surface area contributed by atoms with Gasteiger partial charge in [0.05, 0.1) is 18.4 Å². The third-order valence-electron chi connectivity index (χ3n) is 3.00. The normalized spacial score (nSPS) is 20.7. The van der Waals surface area contributed by atoms with Gasteiger partial charge >= 0.3 is 0 Å². The number of aromatic nitrogens is 1. The van der Waals surface area contributed by atoms with Gasteiger partial charge in [-0.15, -0.1) is 0 Å². The number of pyridine rings is 1. The van der Waals surface area contributed by atoms with Gasteiger partial charge in [-0.1, -0.05) is 6.07 Å². The van der Waals surface area contributed by atoms with E-state index in [0.717, 1.165) is 44.9 Å². The Morgan fingerprint density at radius 3 is 3.18 bits per heavy atom. The minimum atomic E-state index is 0.370. The summed E-state index contributed by atoms with van der Waals surface area (Å²) in [5.41, 5.74) is 1.12. The second-order valence-electron chi connectivity index (χ2n) is 4.54. The minimum Gasteiger partial charge on any atom is -0.376 e. The molecule has 4 heteroatoms. The van der Waals surface area contributed by atoms with E-state index in [9.17, 15) is 0 Å². The number of hydrogen-bond donors (Lipinski definition) is 1. The predicted molar refractivity (Wildman–Crippen MR) is 67.8 cm³/mol. The van der Waals surface area contributed by atoms with E-state index < -0.39 is 0 Å². The summed E-state index contributed by atoms with van der Waals surface area (Å²) in [5.74, 6) is 0. The van der Waals surface area contributed by atoms with Gasteiger partial charge in [0.15, 0.2) is 0 Å². The van der Waals surface area contributed by atoms with Crippen molar-refractivity contribution in [3.63, 3.8) is 0 Å². The molecule has 0 aromatic carbocycles. The molecule has 1 aromatic heterocycles. The summed E-state index contributed by atoms with van der Waals surface area (Å²) < 4.78 is 5.67. The van der Waals surface area contributed by atoms with E-state index in [1.54, 1.807) is 0 Å². The van der Waals surface area contributed by atoms with Gasteiger partial charge in [0.1, 0.15) is 0 Å². The van der Waals surface area contributed by atoms with E-state index in [-0.39, 0.29) is 0 Å². The van der Waals surface area contributed by atoms with Gasteiger partial charge in [-0.2, -0.15) is 0 Å². The molecule has 1 N–H and O–H groups in total. The van der Waals surface area contributed by atoms with Gasteiger partial charge < -0.3 is 15.0 Å². The van der Waals surface area contributed by atoms with Crippen molar-refractivity contribution in [3.8, 4) is 0 Å². The van der Waals surface area contributed by atoms with Crippen molar-refractivity contribution in [2.75, 3.05) is 33.3 Å². The molecule has 1 unspecified atom stereocenters. The average Bonchev–Trinajstić information content (AvgIpc) is 2.39. The van der Waals surface area contributed by atoms with Crippen LogP contribution < -0.4 is 5.32 Å². The summed E-state index contributed by atoms with van der Waals surface area (Å²) in [5, 5.41) is 3.35. The molecule has 0 amide bonds. The molecule has 0 radical (unpaired) electrons. The number of ether oxygens (including phenoxy) is 1. The molecule has 0 bridgehead atoms. The maximum Gasteiger partial charge on any atom is 0.0712 e. The van der Waals surface area contributed by atoms with Crippen LogP contribution in [0.1, 0.15) is 12.1 Å². The Morgan fingerprint density at radius 2 is 2.47 bits per heavy atom. The minimum absolute atomic E-state index is 0.370. The van der Waals surface area contributed by atoms with Crippen LogP contribution in [0.2, 0.25) is 0 Å². The van der Waals surface area contributed by atoms with Crippen LogP contribution >= 0.6 is 0 Å². The highest BCUT2D eigenvalue weighted by molar-refractivity contribution is 5.02. The van der Waals surface area contributed by atoms with Crippen molar-refractivity contribution >= 4 is 0 Å². The number of morpholine rings is 1. The van der Waals surface area contributed by atoms with Crippen LogP contribution in [0, 0.1) is 0 Å². The van der Waals surface area contributed by atoms with Crippen LogP contribution in [0.4, 0.5) is 0 Å². The molecule has 4 nitrogen and oxygen atoms in total. The molecule has 1 saturated heterocycles.